The van der Waals surface area contributed by atoms with Crippen molar-refractivity contribution in [2.45, 2.75) is 17.4 Å². The highest BCUT2D eigenvalue weighted by Crippen LogP contribution is 2.22. The Bertz CT molecular complexity index is 492. The van der Waals surface area contributed by atoms with E-state index in [0.29, 0.717) is 19.5 Å². The van der Waals surface area contributed by atoms with Gasteiger partial charge in [-0.25, -0.2) is 8.42 Å². The molecule has 0 unspecified atom stereocenters. The SMILES string of the molecule is Cl.N[C@@H]1CCN(S(=O)(=O)c2cccc(O)c2)C1. The average Bonchev–Trinajstić information content (AvgIpc) is 2.65. The van der Waals surface area contributed by atoms with Crippen LogP contribution in [-0.2, 0) is 10.0 Å². The molecule has 1 saturated heterocycles. The molecule has 5 nitrogen and oxygen atoms in total. The van der Waals surface area contributed by atoms with Crippen LogP contribution < -0.4 is 5.73 Å². The molecule has 7 heteroatoms. The number of phenolic OH excluding ortho intramolecular Hbond substituents is 1. The van der Waals surface area contributed by atoms with Crippen molar-refractivity contribution < 1.29 is 13.5 Å². The van der Waals surface area contributed by atoms with Gasteiger partial charge in [0, 0.05) is 19.1 Å². The molecule has 3 N–H and O–H groups in total. The number of rotatable bonds is 2. The van der Waals surface area contributed by atoms with Crippen LogP contribution in [0.15, 0.2) is 29.2 Å². The van der Waals surface area contributed by atoms with Crippen molar-refractivity contribution in [2.75, 3.05) is 13.1 Å². The second-order valence-corrected chi connectivity index (χ2v) is 5.85. The van der Waals surface area contributed by atoms with Crippen molar-refractivity contribution >= 4 is 22.4 Å². The number of benzene rings is 1. The first-order chi connectivity index (χ1) is 7.50. The van der Waals surface area contributed by atoms with E-state index in [9.17, 15) is 13.5 Å². The fraction of sp³-hybridized carbons (Fsp3) is 0.400. The maximum atomic E-state index is 12.1. The Kier molecular flexibility index (Phi) is 4.37. The number of nitrogens with zero attached hydrogens (tertiary/aromatic N) is 1. The molecule has 2 rings (SSSR count). The molecule has 1 fully saturated rings. The first-order valence-electron chi connectivity index (χ1n) is 5.05. The number of hydrogen-bond donors (Lipinski definition) is 2. The van der Waals surface area contributed by atoms with Crippen LogP contribution in [0, 0.1) is 0 Å². The van der Waals surface area contributed by atoms with Gasteiger partial charge in [0.15, 0.2) is 0 Å². The number of phenols is 1. The lowest BCUT2D eigenvalue weighted by Crippen LogP contribution is -2.31. The normalized spacial score (nSPS) is 21.1. The smallest absolute Gasteiger partial charge is 0.243 e. The molecular weight excluding hydrogens is 264 g/mol. The Balaban J connectivity index is 0.00000144. The third-order valence-corrected chi connectivity index (χ3v) is 4.50. The molecule has 0 spiro atoms. The van der Waals surface area contributed by atoms with Crippen molar-refractivity contribution in [3.63, 3.8) is 0 Å². The van der Waals surface area contributed by atoms with Gasteiger partial charge in [-0.2, -0.15) is 4.31 Å². The Labute approximate surface area is 107 Å². The van der Waals surface area contributed by atoms with Gasteiger partial charge in [-0.05, 0) is 24.6 Å². The molecule has 17 heavy (non-hydrogen) atoms. The van der Waals surface area contributed by atoms with E-state index in [-0.39, 0.29) is 29.1 Å². The molecule has 1 aliphatic heterocycles. The fourth-order valence-electron chi connectivity index (χ4n) is 1.77. The molecule has 0 aliphatic carbocycles. The monoisotopic (exact) mass is 278 g/mol. The number of nitrogens with two attached hydrogens (primary N) is 1. The summed E-state index contributed by atoms with van der Waals surface area (Å²) in [6.07, 6.45) is 0.679. The number of aromatic hydroxyl groups is 1. The summed E-state index contributed by atoms with van der Waals surface area (Å²) in [5, 5.41) is 9.26. The van der Waals surface area contributed by atoms with Crippen molar-refractivity contribution in [3.05, 3.63) is 24.3 Å². The average molecular weight is 279 g/mol. The minimum atomic E-state index is -3.50. The Morgan fingerprint density at radius 2 is 2.12 bits per heavy atom. The maximum absolute atomic E-state index is 12.1. The van der Waals surface area contributed by atoms with E-state index < -0.39 is 10.0 Å². The highest BCUT2D eigenvalue weighted by molar-refractivity contribution is 7.89. The molecule has 1 aliphatic rings. The highest BCUT2D eigenvalue weighted by Gasteiger charge is 2.30. The third kappa shape index (κ3) is 2.90. The Morgan fingerprint density at radius 3 is 2.65 bits per heavy atom. The second kappa shape index (κ2) is 5.22. The third-order valence-electron chi connectivity index (χ3n) is 2.64. The Morgan fingerprint density at radius 1 is 1.41 bits per heavy atom. The highest BCUT2D eigenvalue weighted by atomic mass is 35.5. The number of halogens is 1. The van der Waals surface area contributed by atoms with Gasteiger partial charge in [0.05, 0.1) is 4.90 Å². The van der Waals surface area contributed by atoms with Crippen LogP contribution in [0.25, 0.3) is 0 Å². The second-order valence-electron chi connectivity index (χ2n) is 3.91. The molecule has 0 aromatic heterocycles. The predicted octanol–water partition coefficient (Wildman–Crippen LogP) is 0.536. The van der Waals surface area contributed by atoms with Gasteiger partial charge in [0.2, 0.25) is 10.0 Å². The van der Waals surface area contributed by atoms with E-state index in [0.717, 1.165) is 0 Å². The maximum Gasteiger partial charge on any atom is 0.243 e. The van der Waals surface area contributed by atoms with Crippen molar-refractivity contribution in [2.24, 2.45) is 5.73 Å². The van der Waals surface area contributed by atoms with E-state index in [1.54, 1.807) is 0 Å². The van der Waals surface area contributed by atoms with E-state index in [1.165, 1.54) is 28.6 Å². The zero-order chi connectivity index (χ0) is 11.8. The molecular formula is C10H15ClN2O3S. The summed E-state index contributed by atoms with van der Waals surface area (Å²) in [6, 6.07) is 5.58. The van der Waals surface area contributed by atoms with Crippen LogP contribution in [0.3, 0.4) is 0 Å². The zero-order valence-corrected chi connectivity index (χ0v) is 10.7. The van der Waals surface area contributed by atoms with Gasteiger partial charge in [-0.1, -0.05) is 6.07 Å². The number of hydrogen-bond acceptors (Lipinski definition) is 4. The van der Waals surface area contributed by atoms with Gasteiger partial charge in [-0.15, -0.1) is 12.4 Å². The quantitative estimate of drug-likeness (QED) is 0.827. The summed E-state index contributed by atoms with van der Waals surface area (Å²) >= 11 is 0. The largest absolute Gasteiger partial charge is 0.508 e. The van der Waals surface area contributed by atoms with Crippen LogP contribution in [0.1, 0.15) is 6.42 Å². The first kappa shape index (κ1) is 14.2. The van der Waals surface area contributed by atoms with Crippen LogP contribution in [0.5, 0.6) is 5.75 Å². The van der Waals surface area contributed by atoms with Crippen LogP contribution in [0.4, 0.5) is 0 Å². The van der Waals surface area contributed by atoms with E-state index in [4.69, 9.17) is 5.73 Å². The van der Waals surface area contributed by atoms with Gasteiger partial charge >= 0.3 is 0 Å². The van der Waals surface area contributed by atoms with Gasteiger partial charge in [0.25, 0.3) is 0 Å². The molecule has 1 heterocycles. The first-order valence-corrected chi connectivity index (χ1v) is 6.49. The summed E-state index contributed by atoms with van der Waals surface area (Å²) < 4.78 is 25.5. The predicted molar refractivity (Wildman–Crippen MR) is 66.7 cm³/mol. The van der Waals surface area contributed by atoms with Crippen LogP contribution in [0.2, 0.25) is 0 Å². The molecule has 1 aromatic rings. The van der Waals surface area contributed by atoms with Gasteiger partial charge < -0.3 is 10.8 Å². The van der Waals surface area contributed by atoms with Crippen molar-refractivity contribution in [1.29, 1.82) is 0 Å². The molecule has 1 aromatic carbocycles. The fourth-order valence-corrected chi connectivity index (χ4v) is 3.32. The molecule has 96 valence electrons. The standard InChI is InChI=1S/C10H14N2O3S.ClH/c11-8-4-5-12(7-8)16(14,15)10-3-1-2-9(13)6-10;/h1-3,6,8,13H,4-5,7,11H2;1H/t8-;/m1./s1. The lowest BCUT2D eigenvalue weighted by atomic mass is 10.3. The minimum Gasteiger partial charge on any atom is -0.508 e. The molecule has 0 radical (unpaired) electrons. The van der Waals surface area contributed by atoms with Crippen molar-refractivity contribution in [3.8, 4) is 5.75 Å². The molecule has 0 saturated carbocycles. The van der Waals surface area contributed by atoms with Crippen molar-refractivity contribution in [1.82, 2.24) is 4.31 Å². The number of sulfonamides is 1. The lowest BCUT2D eigenvalue weighted by Gasteiger charge is -2.15. The lowest BCUT2D eigenvalue weighted by molar-refractivity contribution is 0.463. The van der Waals surface area contributed by atoms with E-state index in [1.807, 2.05) is 0 Å². The summed E-state index contributed by atoms with van der Waals surface area (Å²) in [4.78, 5) is 0.113. The van der Waals surface area contributed by atoms with Gasteiger partial charge in [0.1, 0.15) is 5.75 Å². The van der Waals surface area contributed by atoms with E-state index in [2.05, 4.69) is 0 Å². The summed E-state index contributed by atoms with van der Waals surface area (Å²) in [7, 11) is -3.50. The minimum absolute atomic E-state index is 0. The molecule has 1 atom stereocenters. The molecule has 0 amide bonds. The van der Waals surface area contributed by atoms with Crippen LogP contribution in [-0.4, -0.2) is 37.0 Å². The summed E-state index contributed by atoms with van der Waals surface area (Å²) in [6.45, 7) is 0.789. The summed E-state index contributed by atoms with van der Waals surface area (Å²) in [5.41, 5.74) is 5.67. The summed E-state index contributed by atoms with van der Waals surface area (Å²) in [5.74, 6) is -0.0513. The molecule has 0 bridgehead atoms. The Hall–Kier alpha value is -0.820. The topological polar surface area (TPSA) is 83.6 Å². The van der Waals surface area contributed by atoms with Crippen LogP contribution >= 0.6 is 12.4 Å². The zero-order valence-electron chi connectivity index (χ0n) is 9.11. The van der Waals surface area contributed by atoms with E-state index >= 15 is 0 Å². The van der Waals surface area contributed by atoms with Gasteiger partial charge in [-0.3, -0.25) is 0 Å².